The number of hydrogen-bond acceptors (Lipinski definition) is 4. The molecule has 0 unspecified atom stereocenters. The van der Waals surface area contributed by atoms with Gasteiger partial charge in [-0.05, 0) is 22.4 Å². The van der Waals surface area contributed by atoms with Crippen molar-refractivity contribution >= 4 is 26.0 Å². The summed E-state index contributed by atoms with van der Waals surface area (Å²) < 4.78 is 27.2. The zero-order valence-corrected chi connectivity index (χ0v) is 10.3. The van der Waals surface area contributed by atoms with Gasteiger partial charge in [0.1, 0.15) is 0 Å². The Morgan fingerprint density at radius 2 is 2.21 bits per heavy atom. The smallest absolute Gasteiger partial charge is 0.235 e. The summed E-state index contributed by atoms with van der Waals surface area (Å²) in [5, 5.41) is 7.24. The summed E-state index contributed by atoms with van der Waals surface area (Å²) in [4.78, 5) is 0. The van der Waals surface area contributed by atoms with Gasteiger partial charge in [-0.2, -0.15) is 0 Å². The number of rotatable bonds is 4. The van der Waals surface area contributed by atoms with Crippen molar-refractivity contribution in [2.75, 3.05) is 6.54 Å². The van der Waals surface area contributed by atoms with Crippen LogP contribution in [-0.4, -0.2) is 30.0 Å². The summed E-state index contributed by atoms with van der Waals surface area (Å²) in [5.74, 6) is 0. The molecule has 0 aliphatic heterocycles. The molecule has 1 aromatic rings. The van der Waals surface area contributed by atoms with Crippen LogP contribution in [0.2, 0.25) is 0 Å². The second-order valence-corrected chi connectivity index (χ2v) is 5.14. The van der Waals surface area contributed by atoms with Gasteiger partial charge in [0.05, 0.1) is 0 Å². The minimum atomic E-state index is -3.50. The van der Waals surface area contributed by atoms with Gasteiger partial charge in [-0.1, -0.05) is 12.1 Å². The van der Waals surface area contributed by atoms with E-state index >= 15 is 0 Å². The molecule has 0 aliphatic carbocycles. The summed E-state index contributed by atoms with van der Waals surface area (Å²) in [6.07, 6.45) is 0.738. The van der Waals surface area contributed by atoms with E-state index in [0.29, 0.717) is 6.54 Å². The zero-order chi connectivity index (χ0) is 10.8. The molecule has 0 fully saturated rings. The Morgan fingerprint density at radius 1 is 1.57 bits per heavy atom. The fourth-order valence-electron chi connectivity index (χ4n) is 0.913. The zero-order valence-electron chi connectivity index (χ0n) is 7.86. The first-order valence-corrected chi connectivity index (χ1v) is 6.31. The Hall–Kier alpha value is -0.470. The van der Waals surface area contributed by atoms with Crippen LogP contribution >= 0.6 is 15.9 Å². The van der Waals surface area contributed by atoms with E-state index < -0.39 is 10.0 Å². The maximum atomic E-state index is 11.7. The van der Waals surface area contributed by atoms with E-state index in [-0.39, 0.29) is 9.63 Å². The Labute approximate surface area is 90.9 Å². The lowest BCUT2D eigenvalue weighted by Gasteiger charge is -2.04. The molecule has 0 aromatic carbocycles. The van der Waals surface area contributed by atoms with Gasteiger partial charge in [-0.15, -0.1) is 5.10 Å². The van der Waals surface area contributed by atoms with Gasteiger partial charge in [-0.25, -0.2) is 17.8 Å². The van der Waals surface area contributed by atoms with E-state index in [1.165, 1.54) is 11.7 Å². The maximum absolute atomic E-state index is 11.7. The Balaban J connectivity index is 3.04. The summed E-state index contributed by atoms with van der Waals surface area (Å²) in [6, 6.07) is 0. The largest absolute Gasteiger partial charge is 0.260 e. The monoisotopic (exact) mass is 282 g/mol. The highest BCUT2D eigenvalue weighted by atomic mass is 79.9. The van der Waals surface area contributed by atoms with E-state index in [9.17, 15) is 8.42 Å². The van der Waals surface area contributed by atoms with Gasteiger partial charge in [0.15, 0.2) is 4.60 Å². The molecule has 0 aliphatic rings. The second kappa shape index (κ2) is 4.37. The Morgan fingerprint density at radius 3 is 2.64 bits per heavy atom. The van der Waals surface area contributed by atoms with Crippen LogP contribution in [-0.2, 0) is 17.1 Å². The van der Waals surface area contributed by atoms with Crippen LogP contribution in [0.1, 0.15) is 13.3 Å². The highest BCUT2D eigenvalue weighted by Crippen LogP contribution is 2.17. The molecule has 1 N–H and O–H groups in total. The molecular formula is C6H11BrN4O2S. The fourth-order valence-corrected chi connectivity index (χ4v) is 3.14. The number of aryl methyl sites for hydroxylation is 1. The molecule has 0 bridgehead atoms. The van der Waals surface area contributed by atoms with Gasteiger partial charge in [0.2, 0.25) is 5.03 Å². The highest BCUT2D eigenvalue weighted by Gasteiger charge is 2.22. The quantitative estimate of drug-likeness (QED) is 0.860. The molecule has 0 saturated heterocycles. The molecule has 1 aromatic heterocycles. The van der Waals surface area contributed by atoms with E-state index in [1.807, 2.05) is 6.92 Å². The standard InChI is InChI=1S/C6H11BrN4O2S/c1-3-4-8-14(12,13)6-5(7)9-10-11(6)2/h8H,3-4H2,1-2H3. The van der Waals surface area contributed by atoms with Gasteiger partial charge in [0, 0.05) is 13.6 Å². The van der Waals surface area contributed by atoms with Gasteiger partial charge >= 0.3 is 0 Å². The SMILES string of the molecule is CCCNS(=O)(=O)c1c(Br)nnn1C. The van der Waals surface area contributed by atoms with Crippen molar-refractivity contribution in [3.05, 3.63) is 4.60 Å². The molecule has 0 radical (unpaired) electrons. The third-order valence-corrected chi connectivity index (χ3v) is 3.88. The maximum Gasteiger partial charge on any atom is 0.260 e. The highest BCUT2D eigenvalue weighted by molar-refractivity contribution is 9.10. The van der Waals surface area contributed by atoms with Crippen LogP contribution in [0.3, 0.4) is 0 Å². The Bertz CT molecular complexity index is 394. The number of nitrogens with one attached hydrogen (secondary N) is 1. The van der Waals surface area contributed by atoms with E-state index in [4.69, 9.17) is 0 Å². The van der Waals surface area contributed by atoms with Gasteiger partial charge < -0.3 is 0 Å². The lowest BCUT2D eigenvalue weighted by Crippen LogP contribution is -2.26. The van der Waals surface area contributed by atoms with Crippen molar-refractivity contribution in [2.24, 2.45) is 7.05 Å². The number of sulfonamides is 1. The van der Waals surface area contributed by atoms with Gasteiger partial charge in [0.25, 0.3) is 10.0 Å². The molecule has 0 amide bonds. The van der Waals surface area contributed by atoms with Crippen LogP contribution in [0.4, 0.5) is 0 Å². The summed E-state index contributed by atoms with van der Waals surface area (Å²) in [6.45, 7) is 2.29. The van der Waals surface area contributed by atoms with Gasteiger partial charge in [-0.3, -0.25) is 0 Å². The number of hydrogen-bond donors (Lipinski definition) is 1. The van der Waals surface area contributed by atoms with Crippen LogP contribution < -0.4 is 4.72 Å². The predicted octanol–water partition coefficient (Wildman–Crippen LogP) is 0.266. The lowest BCUT2D eigenvalue weighted by atomic mass is 10.5. The molecule has 1 heterocycles. The van der Waals surface area contributed by atoms with Crippen molar-refractivity contribution in [3.63, 3.8) is 0 Å². The van der Waals surface area contributed by atoms with Crippen molar-refractivity contribution in [1.29, 1.82) is 0 Å². The average Bonchev–Trinajstić information content (AvgIpc) is 2.43. The number of aromatic nitrogens is 3. The van der Waals surface area contributed by atoms with Crippen molar-refractivity contribution in [3.8, 4) is 0 Å². The minimum Gasteiger partial charge on any atom is -0.235 e. The Kier molecular flexibility index (Phi) is 3.62. The topological polar surface area (TPSA) is 76.9 Å². The average molecular weight is 283 g/mol. The lowest BCUT2D eigenvalue weighted by molar-refractivity contribution is 0.560. The summed E-state index contributed by atoms with van der Waals surface area (Å²) >= 11 is 3.03. The van der Waals surface area contributed by atoms with Crippen molar-refractivity contribution < 1.29 is 8.42 Å². The molecule has 80 valence electrons. The third kappa shape index (κ3) is 2.31. The van der Waals surface area contributed by atoms with E-state index in [2.05, 4.69) is 31.0 Å². The summed E-state index contributed by atoms with van der Waals surface area (Å²) in [5.41, 5.74) is 0. The minimum absolute atomic E-state index is 0.0472. The molecule has 0 saturated carbocycles. The first-order valence-electron chi connectivity index (χ1n) is 4.04. The molecule has 14 heavy (non-hydrogen) atoms. The molecule has 0 atom stereocenters. The van der Waals surface area contributed by atoms with Crippen LogP contribution in [0.5, 0.6) is 0 Å². The second-order valence-electron chi connectivity index (χ2n) is 2.71. The number of nitrogens with zero attached hydrogens (tertiary/aromatic N) is 3. The van der Waals surface area contributed by atoms with Crippen LogP contribution in [0.15, 0.2) is 9.63 Å². The van der Waals surface area contributed by atoms with Crippen LogP contribution in [0.25, 0.3) is 0 Å². The molecule has 8 heteroatoms. The third-order valence-electron chi connectivity index (χ3n) is 1.53. The molecular weight excluding hydrogens is 272 g/mol. The summed E-state index contributed by atoms with van der Waals surface area (Å²) in [7, 11) is -1.97. The van der Waals surface area contributed by atoms with E-state index in [0.717, 1.165) is 6.42 Å². The van der Waals surface area contributed by atoms with E-state index in [1.54, 1.807) is 0 Å². The molecule has 6 nitrogen and oxygen atoms in total. The first kappa shape index (κ1) is 11.6. The first-order chi connectivity index (χ1) is 6.49. The molecule has 1 rings (SSSR count). The normalized spacial score (nSPS) is 11.9. The number of halogens is 1. The predicted molar refractivity (Wildman–Crippen MR) is 54.2 cm³/mol. The van der Waals surface area contributed by atoms with Crippen LogP contribution in [0, 0.1) is 0 Å². The fraction of sp³-hybridized carbons (Fsp3) is 0.667. The molecule has 0 spiro atoms. The van der Waals surface area contributed by atoms with Crippen molar-refractivity contribution in [2.45, 2.75) is 18.4 Å². The van der Waals surface area contributed by atoms with Crippen molar-refractivity contribution in [1.82, 2.24) is 19.7 Å².